The average Bonchev–Trinajstić information content (AvgIpc) is 3.16. The molecule has 1 amide bonds. The summed E-state index contributed by atoms with van der Waals surface area (Å²) in [6, 6.07) is 9.69. The maximum atomic E-state index is 12.8. The summed E-state index contributed by atoms with van der Waals surface area (Å²) in [5.74, 6) is -0.863. The van der Waals surface area contributed by atoms with Gasteiger partial charge in [-0.1, -0.05) is 29.8 Å². The van der Waals surface area contributed by atoms with Gasteiger partial charge in [0.2, 0.25) is 0 Å². The van der Waals surface area contributed by atoms with E-state index >= 15 is 0 Å². The molecule has 0 bridgehead atoms. The van der Waals surface area contributed by atoms with Crippen LogP contribution in [0, 0.1) is 24.7 Å². The Hall–Kier alpha value is -2.63. The molecule has 1 saturated carbocycles. The van der Waals surface area contributed by atoms with Crippen LogP contribution in [0.4, 0.5) is 0 Å². The summed E-state index contributed by atoms with van der Waals surface area (Å²) in [6.45, 7) is 2.83. The van der Waals surface area contributed by atoms with Crippen LogP contribution in [0.2, 0.25) is 0 Å². The van der Waals surface area contributed by atoms with Gasteiger partial charge in [-0.25, -0.2) is 0 Å². The van der Waals surface area contributed by atoms with Crippen LogP contribution in [0.15, 0.2) is 30.3 Å². The van der Waals surface area contributed by atoms with Crippen LogP contribution in [0.1, 0.15) is 28.9 Å². The summed E-state index contributed by atoms with van der Waals surface area (Å²) < 4.78 is 0. The van der Waals surface area contributed by atoms with Crippen LogP contribution in [-0.4, -0.2) is 45.2 Å². The van der Waals surface area contributed by atoms with Gasteiger partial charge in [-0.2, -0.15) is 5.10 Å². The smallest absolute Gasteiger partial charge is 0.308 e. The van der Waals surface area contributed by atoms with Crippen LogP contribution >= 0.6 is 0 Å². The molecule has 1 saturated heterocycles. The lowest BCUT2D eigenvalue weighted by Gasteiger charge is -2.14. The predicted octanol–water partition coefficient (Wildman–Crippen LogP) is 2.57. The van der Waals surface area contributed by atoms with Gasteiger partial charge in [0.1, 0.15) is 5.69 Å². The largest absolute Gasteiger partial charge is 0.481 e. The standard InChI is InChI=1S/C19H21N3O3/c1-11-2-4-13(5-3-11)16-8-17(21-20-16)18(23)22-9-14(12-6-7-12)15(10-22)19(24)25/h2-5,8,12,14-15H,6-7,9-10H2,1H3,(H,20,21)(H,24,25)/t14-,15+/m1/s1. The highest BCUT2D eigenvalue weighted by Crippen LogP contribution is 2.44. The zero-order valence-electron chi connectivity index (χ0n) is 14.1. The molecule has 25 heavy (non-hydrogen) atoms. The second-order valence-corrected chi connectivity index (χ2v) is 7.19. The van der Waals surface area contributed by atoms with Crippen LogP contribution in [0.3, 0.4) is 0 Å². The quantitative estimate of drug-likeness (QED) is 0.896. The Kier molecular flexibility index (Phi) is 3.82. The Morgan fingerprint density at radius 3 is 2.56 bits per heavy atom. The fourth-order valence-electron chi connectivity index (χ4n) is 3.73. The first-order valence-electron chi connectivity index (χ1n) is 8.67. The number of nitrogens with one attached hydrogen (secondary N) is 1. The Labute approximate surface area is 145 Å². The molecule has 2 heterocycles. The molecule has 2 aliphatic rings. The van der Waals surface area contributed by atoms with Crippen molar-refractivity contribution in [3.8, 4) is 11.3 Å². The van der Waals surface area contributed by atoms with Crippen LogP contribution < -0.4 is 0 Å². The van der Waals surface area contributed by atoms with Gasteiger partial charge < -0.3 is 10.0 Å². The van der Waals surface area contributed by atoms with Gasteiger partial charge in [0.15, 0.2) is 0 Å². The molecule has 1 aliphatic carbocycles. The molecule has 0 spiro atoms. The first-order valence-corrected chi connectivity index (χ1v) is 8.67. The van der Waals surface area contributed by atoms with Gasteiger partial charge in [0.25, 0.3) is 5.91 Å². The summed E-state index contributed by atoms with van der Waals surface area (Å²) in [5, 5.41) is 16.5. The number of amides is 1. The van der Waals surface area contributed by atoms with Crippen LogP contribution in [-0.2, 0) is 4.79 Å². The number of aliphatic carboxylic acids is 1. The second kappa shape index (κ2) is 6.02. The molecular formula is C19H21N3O3. The van der Waals surface area contributed by atoms with Gasteiger partial charge in [0, 0.05) is 18.7 Å². The van der Waals surface area contributed by atoms with Gasteiger partial charge in [0.05, 0.1) is 11.6 Å². The number of carbonyl (C=O) groups excluding carboxylic acids is 1. The molecule has 1 aromatic carbocycles. The number of aryl methyl sites for hydroxylation is 1. The van der Waals surface area contributed by atoms with E-state index in [2.05, 4.69) is 10.2 Å². The van der Waals surface area contributed by atoms with E-state index in [1.54, 1.807) is 11.0 Å². The van der Waals surface area contributed by atoms with E-state index in [9.17, 15) is 14.7 Å². The van der Waals surface area contributed by atoms with Crippen molar-refractivity contribution in [3.05, 3.63) is 41.6 Å². The zero-order chi connectivity index (χ0) is 17.6. The fourth-order valence-corrected chi connectivity index (χ4v) is 3.73. The first kappa shape index (κ1) is 15.9. The number of aromatic amines is 1. The van der Waals surface area contributed by atoms with E-state index in [0.29, 0.717) is 18.2 Å². The van der Waals surface area contributed by atoms with Crippen LogP contribution in [0.25, 0.3) is 11.3 Å². The number of hydrogen-bond acceptors (Lipinski definition) is 3. The number of hydrogen-bond donors (Lipinski definition) is 2. The first-order chi connectivity index (χ1) is 12.0. The topological polar surface area (TPSA) is 86.3 Å². The number of H-pyrrole nitrogens is 1. The van der Waals surface area contributed by atoms with Crippen molar-refractivity contribution < 1.29 is 14.7 Å². The highest BCUT2D eigenvalue weighted by Gasteiger charge is 2.47. The minimum Gasteiger partial charge on any atom is -0.481 e. The number of carboxylic acid groups (broad SMARTS) is 1. The number of rotatable bonds is 4. The molecular weight excluding hydrogens is 318 g/mol. The molecule has 1 aliphatic heterocycles. The summed E-state index contributed by atoms with van der Waals surface area (Å²) in [5.41, 5.74) is 3.24. The molecule has 2 atom stereocenters. The summed E-state index contributed by atoms with van der Waals surface area (Å²) in [6.07, 6.45) is 2.16. The van der Waals surface area contributed by atoms with E-state index in [0.717, 1.165) is 24.1 Å². The van der Waals surface area contributed by atoms with E-state index in [4.69, 9.17) is 0 Å². The molecule has 4 rings (SSSR count). The molecule has 6 nitrogen and oxygen atoms in total. The highest BCUT2D eigenvalue weighted by atomic mass is 16.4. The monoisotopic (exact) mass is 339 g/mol. The maximum Gasteiger partial charge on any atom is 0.308 e. The highest BCUT2D eigenvalue weighted by molar-refractivity contribution is 5.94. The number of carboxylic acids is 1. The van der Waals surface area contributed by atoms with Gasteiger partial charge in [-0.05, 0) is 37.7 Å². The van der Waals surface area contributed by atoms with Gasteiger partial charge >= 0.3 is 5.97 Å². The number of nitrogens with zero attached hydrogens (tertiary/aromatic N) is 2. The minimum absolute atomic E-state index is 0.0842. The van der Waals surface area contributed by atoms with Crippen molar-refractivity contribution in [2.24, 2.45) is 17.8 Å². The zero-order valence-corrected chi connectivity index (χ0v) is 14.1. The summed E-state index contributed by atoms with van der Waals surface area (Å²) in [7, 11) is 0. The lowest BCUT2D eigenvalue weighted by atomic mass is 9.92. The Morgan fingerprint density at radius 2 is 1.92 bits per heavy atom. The van der Waals surface area contributed by atoms with Crippen molar-refractivity contribution in [3.63, 3.8) is 0 Å². The minimum atomic E-state index is -0.794. The van der Waals surface area contributed by atoms with E-state index in [1.807, 2.05) is 31.2 Å². The normalized spacial score (nSPS) is 23.0. The summed E-state index contributed by atoms with van der Waals surface area (Å²) in [4.78, 5) is 25.9. The van der Waals surface area contributed by atoms with Crippen molar-refractivity contribution in [1.29, 1.82) is 0 Å². The SMILES string of the molecule is Cc1ccc(-c2cc(C(=O)N3C[C@H](C(=O)O)[C@@H](C4CC4)C3)[nH]n2)cc1. The van der Waals surface area contributed by atoms with E-state index < -0.39 is 11.9 Å². The van der Waals surface area contributed by atoms with E-state index in [1.165, 1.54) is 5.56 Å². The second-order valence-electron chi connectivity index (χ2n) is 7.19. The number of benzene rings is 1. The van der Waals surface area contributed by atoms with Crippen LogP contribution in [0.5, 0.6) is 0 Å². The summed E-state index contributed by atoms with van der Waals surface area (Å²) >= 11 is 0. The molecule has 0 radical (unpaired) electrons. The lowest BCUT2D eigenvalue weighted by molar-refractivity contribution is -0.142. The van der Waals surface area contributed by atoms with Gasteiger partial charge in [-0.3, -0.25) is 14.7 Å². The molecule has 2 N–H and O–H groups in total. The van der Waals surface area contributed by atoms with Crippen molar-refractivity contribution in [2.45, 2.75) is 19.8 Å². The number of carbonyl (C=O) groups is 2. The molecule has 130 valence electrons. The van der Waals surface area contributed by atoms with Crippen molar-refractivity contribution in [1.82, 2.24) is 15.1 Å². The Balaban J connectivity index is 1.51. The molecule has 6 heteroatoms. The van der Waals surface area contributed by atoms with Gasteiger partial charge in [-0.15, -0.1) is 0 Å². The predicted molar refractivity (Wildman–Crippen MR) is 92.0 cm³/mol. The lowest BCUT2D eigenvalue weighted by Crippen LogP contribution is -2.30. The Bertz CT molecular complexity index is 808. The van der Waals surface area contributed by atoms with Crippen molar-refractivity contribution in [2.75, 3.05) is 13.1 Å². The van der Waals surface area contributed by atoms with E-state index in [-0.39, 0.29) is 18.4 Å². The Morgan fingerprint density at radius 1 is 1.20 bits per heavy atom. The molecule has 0 unspecified atom stereocenters. The van der Waals surface area contributed by atoms with Crippen molar-refractivity contribution >= 4 is 11.9 Å². The maximum absolute atomic E-state index is 12.8. The molecule has 2 aromatic rings. The number of aromatic nitrogens is 2. The number of likely N-dealkylation sites (tertiary alicyclic amines) is 1. The third kappa shape index (κ3) is 3.04. The molecule has 1 aromatic heterocycles. The molecule has 2 fully saturated rings. The fraction of sp³-hybridized carbons (Fsp3) is 0.421. The third-order valence-corrected chi connectivity index (χ3v) is 5.35. The average molecular weight is 339 g/mol. The third-order valence-electron chi connectivity index (χ3n) is 5.35.